The summed E-state index contributed by atoms with van der Waals surface area (Å²) in [4.78, 5) is 43.0. The van der Waals surface area contributed by atoms with Crippen LogP contribution < -0.4 is 16.8 Å². The van der Waals surface area contributed by atoms with Gasteiger partial charge in [-0.1, -0.05) is 0 Å². The zero-order chi connectivity index (χ0) is 14.3. The molecule has 1 unspecified atom stereocenters. The van der Waals surface area contributed by atoms with Gasteiger partial charge in [0.05, 0.1) is 12.5 Å². The van der Waals surface area contributed by atoms with Crippen molar-refractivity contribution >= 4 is 23.8 Å². The van der Waals surface area contributed by atoms with E-state index in [2.05, 4.69) is 0 Å². The Morgan fingerprint density at radius 2 is 1.72 bits per heavy atom. The van der Waals surface area contributed by atoms with E-state index >= 15 is 0 Å². The van der Waals surface area contributed by atoms with Crippen LogP contribution in [0.2, 0.25) is 0 Å². The first kappa shape index (κ1) is 15.8. The zero-order valence-electron chi connectivity index (χ0n) is 9.46. The topological polar surface area (TPSA) is 173 Å². The smallest absolute Gasteiger partial charge is 0.326 e. The second kappa shape index (κ2) is 7.22. The van der Waals surface area contributed by atoms with Crippen molar-refractivity contribution in [2.75, 3.05) is 0 Å². The van der Waals surface area contributed by atoms with Gasteiger partial charge in [-0.3, -0.25) is 14.4 Å². The second-order valence-corrected chi connectivity index (χ2v) is 3.61. The fraction of sp³-hybridized carbons (Fsp3) is 0.556. The predicted molar refractivity (Wildman–Crippen MR) is 58.2 cm³/mol. The van der Waals surface area contributed by atoms with Crippen LogP contribution in [0.1, 0.15) is 19.3 Å². The highest BCUT2D eigenvalue weighted by Crippen LogP contribution is 1.99. The highest BCUT2D eigenvalue weighted by atomic mass is 16.4. The van der Waals surface area contributed by atoms with E-state index in [0.29, 0.717) is 0 Å². The Bertz CT molecular complexity index is 356. The summed E-state index contributed by atoms with van der Waals surface area (Å²) in [5, 5.41) is 19.2. The number of nitrogens with two attached hydrogens (primary N) is 2. The Hall–Kier alpha value is -2.16. The molecule has 0 saturated carbocycles. The van der Waals surface area contributed by atoms with E-state index < -0.39 is 48.7 Å². The number of hydrogen-bond donors (Lipinski definition) is 5. The van der Waals surface area contributed by atoms with Gasteiger partial charge in [0.1, 0.15) is 6.04 Å². The monoisotopic (exact) mass is 261 g/mol. The van der Waals surface area contributed by atoms with Gasteiger partial charge in [-0.25, -0.2) is 4.79 Å². The molecule has 0 aromatic rings. The number of aliphatic carboxylic acids is 2. The standard InChI is InChI=1S/C9H15N3O6/c10-4(3-6(11)13)8(16)12-5(9(17)18)1-2-7(14)15/h4-5H,1-3,10H2,(H2,11,13)(H,12,16)(H,14,15)(H,17,18)/t4?,5-/m0/s1. The molecule has 0 aromatic heterocycles. The number of carbonyl (C=O) groups excluding carboxylic acids is 2. The highest BCUT2D eigenvalue weighted by Gasteiger charge is 2.24. The fourth-order valence-corrected chi connectivity index (χ4v) is 1.11. The third-order valence-corrected chi connectivity index (χ3v) is 2.02. The number of hydrogen-bond acceptors (Lipinski definition) is 5. The van der Waals surface area contributed by atoms with Gasteiger partial charge >= 0.3 is 11.9 Å². The minimum absolute atomic E-state index is 0.278. The molecule has 0 bridgehead atoms. The summed E-state index contributed by atoms with van der Waals surface area (Å²) >= 11 is 0. The molecular weight excluding hydrogens is 246 g/mol. The Morgan fingerprint density at radius 3 is 2.11 bits per heavy atom. The summed E-state index contributed by atoms with van der Waals surface area (Å²) in [6, 6.07) is -2.62. The molecule has 0 heterocycles. The first-order valence-electron chi connectivity index (χ1n) is 5.03. The van der Waals surface area contributed by atoms with E-state index in [1.165, 1.54) is 0 Å². The quantitative estimate of drug-likeness (QED) is 0.324. The normalized spacial score (nSPS) is 13.4. The largest absolute Gasteiger partial charge is 0.481 e. The van der Waals surface area contributed by atoms with E-state index in [0.717, 1.165) is 0 Å². The Kier molecular flexibility index (Phi) is 6.35. The zero-order valence-corrected chi connectivity index (χ0v) is 9.46. The van der Waals surface area contributed by atoms with Crippen molar-refractivity contribution in [3.63, 3.8) is 0 Å². The molecule has 0 radical (unpaired) electrons. The van der Waals surface area contributed by atoms with Gasteiger partial charge in [0.15, 0.2) is 0 Å². The molecular formula is C9H15N3O6. The first-order valence-corrected chi connectivity index (χ1v) is 5.03. The molecule has 7 N–H and O–H groups in total. The highest BCUT2D eigenvalue weighted by molar-refractivity contribution is 5.90. The van der Waals surface area contributed by atoms with Crippen molar-refractivity contribution in [1.29, 1.82) is 0 Å². The van der Waals surface area contributed by atoms with Crippen LogP contribution >= 0.6 is 0 Å². The van der Waals surface area contributed by atoms with Gasteiger partial charge in [-0.15, -0.1) is 0 Å². The number of primary amides is 1. The number of carboxylic acids is 2. The average molecular weight is 261 g/mol. The number of amides is 2. The summed E-state index contributed by atoms with van der Waals surface area (Å²) < 4.78 is 0. The number of carbonyl (C=O) groups is 4. The van der Waals surface area contributed by atoms with Crippen molar-refractivity contribution in [2.45, 2.75) is 31.3 Å². The van der Waals surface area contributed by atoms with E-state index in [1.54, 1.807) is 0 Å². The van der Waals surface area contributed by atoms with Crippen molar-refractivity contribution in [1.82, 2.24) is 5.32 Å². The molecule has 2 atom stereocenters. The SMILES string of the molecule is NC(=O)CC(N)C(=O)N[C@@H](CCC(=O)O)C(=O)O. The molecule has 18 heavy (non-hydrogen) atoms. The summed E-state index contributed by atoms with van der Waals surface area (Å²) in [6.07, 6.45) is -1.11. The van der Waals surface area contributed by atoms with E-state index in [-0.39, 0.29) is 6.42 Å². The molecule has 0 aromatic carbocycles. The molecule has 2 amide bonds. The lowest BCUT2D eigenvalue weighted by molar-refractivity contribution is -0.143. The Labute approximate surface area is 102 Å². The van der Waals surface area contributed by atoms with Gasteiger partial charge in [0, 0.05) is 6.42 Å². The molecule has 9 heteroatoms. The molecule has 0 rings (SSSR count). The first-order chi connectivity index (χ1) is 8.23. The average Bonchev–Trinajstić information content (AvgIpc) is 2.21. The van der Waals surface area contributed by atoms with Gasteiger partial charge in [0.2, 0.25) is 11.8 Å². The fourth-order valence-electron chi connectivity index (χ4n) is 1.11. The van der Waals surface area contributed by atoms with Crippen LogP contribution in [-0.2, 0) is 19.2 Å². The Morgan fingerprint density at radius 1 is 1.17 bits per heavy atom. The summed E-state index contributed by atoms with van der Waals surface area (Å²) in [6.45, 7) is 0. The van der Waals surface area contributed by atoms with Crippen molar-refractivity contribution in [2.24, 2.45) is 11.5 Å². The summed E-state index contributed by atoms with van der Waals surface area (Å²) in [5.74, 6) is -4.23. The van der Waals surface area contributed by atoms with Crippen LogP contribution in [0.15, 0.2) is 0 Å². The van der Waals surface area contributed by atoms with E-state index in [4.69, 9.17) is 21.7 Å². The lowest BCUT2D eigenvalue weighted by Gasteiger charge is -2.16. The second-order valence-electron chi connectivity index (χ2n) is 3.61. The van der Waals surface area contributed by atoms with Crippen LogP contribution in [0.4, 0.5) is 0 Å². The lowest BCUT2D eigenvalue weighted by atomic mass is 10.1. The number of carboxylic acid groups (broad SMARTS) is 2. The molecule has 0 aliphatic rings. The Balaban J connectivity index is 4.40. The summed E-state index contributed by atoms with van der Waals surface area (Å²) in [7, 11) is 0. The number of nitrogens with one attached hydrogen (secondary N) is 1. The minimum Gasteiger partial charge on any atom is -0.481 e. The van der Waals surface area contributed by atoms with Crippen molar-refractivity contribution in [3.05, 3.63) is 0 Å². The molecule has 0 fully saturated rings. The maximum atomic E-state index is 11.4. The van der Waals surface area contributed by atoms with Crippen LogP contribution in [0.3, 0.4) is 0 Å². The van der Waals surface area contributed by atoms with Crippen LogP contribution in [0, 0.1) is 0 Å². The molecule has 0 aliphatic carbocycles. The lowest BCUT2D eigenvalue weighted by Crippen LogP contribution is -2.49. The third-order valence-electron chi connectivity index (χ3n) is 2.02. The maximum absolute atomic E-state index is 11.4. The molecule has 0 saturated heterocycles. The van der Waals surface area contributed by atoms with Crippen LogP contribution in [0.25, 0.3) is 0 Å². The van der Waals surface area contributed by atoms with Crippen molar-refractivity contribution in [3.8, 4) is 0 Å². The number of rotatable bonds is 8. The van der Waals surface area contributed by atoms with Crippen molar-refractivity contribution < 1.29 is 29.4 Å². The maximum Gasteiger partial charge on any atom is 0.326 e. The van der Waals surface area contributed by atoms with Gasteiger partial charge in [-0.05, 0) is 6.42 Å². The predicted octanol–water partition coefficient (Wildman–Crippen LogP) is -2.38. The van der Waals surface area contributed by atoms with Crippen LogP contribution in [-0.4, -0.2) is 46.0 Å². The van der Waals surface area contributed by atoms with Gasteiger partial charge < -0.3 is 27.0 Å². The van der Waals surface area contributed by atoms with Gasteiger partial charge in [0.25, 0.3) is 0 Å². The minimum atomic E-state index is -1.38. The molecule has 102 valence electrons. The van der Waals surface area contributed by atoms with E-state index in [9.17, 15) is 19.2 Å². The molecule has 0 aliphatic heterocycles. The van der Waals surface area contributed by atoms with E-state index in [1.807, 2.05) is 5.32 Å². The molecule has 0 spiro atoms. The van der Waals surface area contributed by atoms with Gasteiger partial charge in [-0.2, -0.15) is 0 Å². The summed E-state index contributed by atoms with van der Waals surface area (Å²) in [5.41, 5.74) is 10.1. The third kappa shape index (κ3) is 6.43. The molecule has 9 nitrogen and oxygen atoms in total. The van der Waals surface area contributed by atoms with Crippen LogP contribution in [0.5, 0.6) is 0 Å².